The Kier molecular flexibility index (Phi) is 4.81. The van der Waals surface area contributed by atoms with Crippen LogP contribution in [0.25, 0.3) is 11.1 Å². The molecule has 4 N–H and O–H groups in total. The van der Waals surface area contributed by atoms with Crippen molar-refractivity contribution in [1.82, 2.24) is 0 Å². The lowest BCUT2D eigenvalue weighted by Crippen LogP contribution is -2.14. The van der Waals surface area contributed by atoms with Crippen LogP contribution in [0, 0.1) is 16.7 Å². The van der Waals surface area contributed by atoms with Gasteiger partial charge in [0.25, 0.3) is 0 Å². The van der Waals surface area contributed by atoms with E-state index >= 15 is 0 Å². The molecule has 0 heterocycles. The summed E-state index contributed by atoms with van der Waals surface area (Å²) in [5.41, 5.74) is 8.01. The molecule has 1 unspecified atom stereocenters. The van der Waals surface area contributed by atoms with Crippen molar-refractivity contribution in [3.05, 3.63) is 59.7 Å². The summed E-state index contributed by atoms with van der Waals surface area (Å²) in [5, 5.41) is 24.4. The van der Waals surface area contributed by atoms with Crippen LogP contribution in [0.2, 0.25) is 0 Å². The highest BCUT2D eigenvalue weighted by molar-refractivity contribution is 8.14. The van der Waals surface area contributed by atoms with Gasteiger partial charge in [-0.15, -0.1) is 0 Å². The molecule has 0 saturated heterocycles. The molecule has 1 atom stereocenters. The smallest absolute Gasteiger partial charge is 0.321 e. The zero-order valence-corrected chi connectivity index (χ0v) is 12.3. The fourth-order valence-electron chi connectivity index (χ4n) is 2.06. The first-order chi connectivity index (χ1) is 10.5. The van der Waals surface area contributed by atoms with Gasteiger partial charge in [0, 0.05) is 0 Å². The van der Waals surface area contributed by atoms with Crippen LogP contribution < -0.4 is 5.73 Å². The van der Waals surface area contributed by atoms with Gasteiger partial charge in [-0.3, -0.25) is 10.2 Å². The van der Waals surface area contributed by atoms with Gasteiger partial charge in [0.05, 0.1) is 11.6 Å². The quantitative estimate of drug-likeness (QED) is 0.593. The number of thioether (sulfide) groups is 1. The summed E-state index contributed by atoms with van der Waals surface area (Å²) in [6.07, 6.45) is 0. The zero-order chi connectivity index (χ0) is 16.1. The van der Waals surface area contributed by atoms with E-state index in [9.17, 15) is 9.90 Å². The van der Waals surface area contributed by atoms with Crippen molar-refractivity contribution in [3.8, 4) is 17.2 Å². The van der Waals surface area contributed by atoms with E-state index in [-0.39, 0.29) is 5.17 Å². The molecule has 2 aromatic rings. The Morgan fingerprint density at radius 3 is 2.41 bits per heavy atom. The number of carboxylic acid groups (broad SMARTS) is 1. The normalized spacial score (nSPS) is 11.4. The first kappa shape index (κ1) is 15.6. The fraction of sp³-hybridized carbons (Fsp3) is 0.0625. The number of carboxylic acids is 1. The van der Waals surface area contributed by atoms with Crippen LogP contribution in [0.5, 0.6) is 0 Å². The molecule has 22 heavy (non-hydrogen) atoms. The maximum atomic E-state index is 11.3. The van der Waals surface area contributed by atoms with E-state index < -0.39 is 11.2 Å². The van der Waals surface area contributed by atoms with E-state index in [1.807, 2.05) is 12.1 Å². The van der Waals surface area contributed by atoms with E-state index in [1.165, 1.54) is 0 Å². The highest BCUT2D eigenvalue weighted by atomic mass is 32.2. The molecule has 0 radical (unpaired) electrons. The summed E-state index contributed by atoms with van der Waals surface area (Å²) >= 11 is 0.779. The summed E-state index contributed by atoms with van der Waals surface area (Å²) in [6, 6.07) is 16.2. The second-order valence-electron chi connectivity index (χ2n) is 4.48. The minimum atomic E-state index is -1.05. The van der Waals surface area contributed by atoms with Gasteiger partial charge >= 0.3 is 5.97 Å². The van der Waals surface area contributed by atoms with Crippen LogP contribution in [-0.2, 0) is 4.79 Å². The number of hydrogen-bond donors (Lipinski definition) is 3. The predicted molar refractivity (Wildman–Crippen MR) is 86.5 cm³/mol. The van der Waals surface area contributed by atoms with E-state index in [4.69, 9.17) is 16.4 Å². The highest BCUT2D eigenvalue weighted by Crippen LogP contribution is 2.31. The molecule has 0 aliphatic carbocycles. The van der Waals surface area contributed by atoms with Crippen LogP contribution in [0.1, 0.15) is 16.4 Å². The van der Waals surface area contributed by atoms with Gasteiger partial charge in [-0.05, 0) is 22.8 Å². The number of carbonyl (C=O) groups is 1. The first-order valence-corrected chi connectivity index (χ1v) is 7.24. The molecule has 0 amide bonds. The number of benzene rings is 2. The number of amidine groups is 1. The lowest BCUT2D eigenvalue weighted by molar-refractivity contribution is -0.136. The maximum Gasteiger partial charge on any atom is 0.321 e. The molecule has 0 spiro atoms. The van der Waals surface area contributed by atoms with Gasteiger partial charge in [0.15, 0.2) is 5.17 Å². The molecule has 0 aliphatic rings. The molecule has 0 aliphatic heterocycles. The summed E-state index contributed by atoms with van der Waals surface area (Å²) in [5.74, 6) is -1.05. The molecule has 6 heteroatoms. The van der Waals surface area contributed by atoms with Crippen LogP contribution in [0.3, 0.4) is 0 Å². The predicted octanol–water partition coefficient (Wildman–Crippen LogP) is 2.98. The van der Waals surface area contributed by atoms with Crippen molar-refractivity contribution < 1.29 is 9.90 Å². The third kappa shape index (κ3) is 3.45. The van der Waals surface area contributed by atoms with E-state index in [1.54, 1.807) is 36.4 Å². The number of nitrogens with two attached hydrogens (primary N) is 1. The average molecular weight is 311 g/mol. The second kappa shape index (κ2) is 6.78. The minimum absolute atomic E-state index is 0.244. The highest BCUT2D eigenvalue weighted by Gasteiger charge is 2.21. The van der Waals surface area contributed by atoms with Gasteiger partial charge < -0.3 is 10.8 Å². The first-order valence-electron chi connectivity index (χ1n) is 6.36. The summed E-state index contributed by atoms with van der Waals surface area (Å²) in [6.45, 7) is 0. The molecule has 2 aromatic carbocycles. The van der Waals surface area contributed by atoms with Crippen LogP contribution in [0.4, 0.5) is 0 Å². The maximum absolute atomic E-state index is 11.3. The van der Waals surface area contributed by atoms with Gasteiger partial charge in [-0.25, -0.2) is 0 Å². The molecule has 0 aromatic heterocycles. The van der Waals surface area contributed by atoms with E-state index in [0.29, 0.717) is 11.1 Å². The molecule has 2 rings (SSSR count). The molecule has 5 nitrogen and oxygen atoms in total. The number of rotatable bonds is 4. The second-order valence-corrected chi connectivity index (χ2v) is 5.63. The van der Waals surface area contributed by atoms with Gasteiger partial charge in [-0.2, -0.15) is 5.26 Å². The van der Waals surface area contributed by atoms with Gasteiger partial charge in [-0.1, -0.05) is 54.2 Å². The number of nitrogens with one attached hydrogen (secondary N) is 1. The number of nitrogens with zero attached hydrogens (tertiary/aromatic N) is 1. The van der Waals surface area contributed by atoms with Crippen LogP contribution >= 0.6 is 11.8 Å². The van der Waals surface area contributed by atoms with Crippen molar-refractivity contribution in [1.29, 1.82) is 10.7 Å². The Labute approximate surface area is 131 Å². The summed E-state index contributed by atoms with van der Waals surface area (Å²) in [4.78, 5) is 11.3. The molecule has 0 bridgehead atoms. The molecule has 0 saturated carbocycles. The fourth-order valence-corrected chi connectivity index (χ4v) is 2.71. The SMILES string of the molecule is N#Cc1ccccc1-c1ccc(C(SC(=N)N)C(=O)O)cc1. The minimum Gasteiger partial charge on any atom is -0.480 e. The summed E-state index contributed by atoms with van der Waals surface area (Å²) < 4.78 is 0. The third-order valence-corrected chi connectivity index (χ3v) is 4.00. The monoisotopic (exact) mass is 311 g/mol. The third-order valence-electron chi connectivity index (χ3n) is 3.04. The van der Waals surface area contributed by atoms with Crippen molar-refractivity contribution in [2.45, 2.75) is 5.25 Å². The van der Waals surface area contributed by atoms with Crippen molar-refractivity contribution >= 4 is 22.9 Å². The molecule has 110 valence electrons. The van der Waals surface area contributed by atoms with Crippen molar-refractivity contribution in [2.75, 3.05) is 0 Å². The Morgan fingerprint density at radius 1 is 1.23 bits per heavy atom. The zero-order valence-electron chi connectivity index (χ0n) is 11.5. The molecular weight excluding hydrogens is 298 g/mol. The number of aliphatic carboxylic acids is 1. The standard InChI is InChI=1S/C16H13N3O2S/c17-9-12-3-1-2-4-13(12)10-5-7-11(8-6-10)14(15(20)21)22-16(18)19/h1-8,14H,(H3,18,19)(H,20,21). The van der Waals surface area contributed by atoms with Gasteiger partial charge in [0.1, 0.15) is 5.25 Å². The Hall–Kier alpha value is -2.78. The van der Waals surface area contributed by atoms with E-state index in [2.05, 4.69) is 6.07 Å². The van der Waals surface area contributed by atoms with E-state index in [0.717, 1.165) is 22.9 Å². The van der Waals surface area contributed by atoms with Crippen molar-refractivity contribution in [3.63, 3.8) is 0 Å². The van der Waals surface area contributed by atoms with Crippen LogP contribution in [-0.4, -0.2) is 16.2 Å². The largest absolute Gasteiger partial charge is 0.480 e. The topological polar surface area (TPSA) is 111 Å². The number of nitriles is 1. The lowest BCUT2D eigenvalue weighted by Gasteiger charge is -2.12. The number of hydrogen-bond acceptors (Lipinski definition) is 4. The summed E-state index contributed by atoms with van der Waals surface area (Å²) in [7, 11) is 0. The molecule has 0 fully saturated rings. The Balaban J connectivity index is 2.36. The van der Waals surface area contributed by atoms with Crippen LogP contribution in [0.15, 0.2) is 48.5 Å². The Morgan fingerprint density at radius 2 is 1.86 bits per heavy atom. The average Bonchev–Trinajstić information content (AvgIpc) is 2.52. The molecular formula is C16H13N3O2S. The van der Waals surface area contributed by atoms with Gasteiger partial charge in [0.2, 0.25) is 0 Å². The Bertz CT molecular complexity index is 751. The lowest BCUT2D eigenvalue weighted by atomic mass is 9.99. The van der Waals surface area contributed by atoms with Crippen molar-refractivity contribution in [2.24, 2.45) is 5.73 Å².